The molecule has 0 fully saturated rings. The summed E-state index contributed by atoms with van der Waals surface area (Å²) in [5.41, 5.74) is 2.73. The molecule has 0 saturated carbocycles. The van der Waals surface area contributed by atoms with Crippen molar-refractivity contribution in [2.75, 3.05) is 0 Å². The van der Waals surface area contributed by atoms with Gasteiger partial charge in [0.05, 0.1) is 0 Å². The molecule has 0 rings (SSSR count). The fraction of sp³-hybridized carbons (Fsp3) is 0.600. The second kappa shape index (κ2) is 4.32. The van der Waals surface area contributed by atoms with E-state index >= 15 is 0 Å². The average Bonchev–Trinajstić information content (AvgIpc) is 1.87. The van der Waals surface area contributed by atoms with Crippen molar-refractivity contribution >= 4 is 0 Å². The van der Waals surface area contributed by atoms with Crippen molar-refractivity contribution < 1.29 is 0 Å². The quantitative estimate of drug-likeness (QED) is 0.523. The van der Waals surface area contributed by atoms with Crippen molar-refractivity contribution in [1.82, 2.24) is 0 Å². The van der Waals surface area contributed by atoms with Crippen molar-refractivity contribution in [1.29, 1.82) is 0 Å². The number of rotatable bonds is 3. The zero-order valence-electron chi connectivity index (χ0n) is 7.57. The first-order valence-corrected chi connectivity index (χ1v) is 3.85. The van der Waals surface area contributed by atoms with Crippen molar-refractivity contribution in [3.63, 3.8) is 0 Å². The second-order valence-electron chi connectivity index (χ2n) is 3.09. The number of hydrogen-bond donors (Lipinski definition) is 0. The van der Waals surface area contributed by atoms with Gasteiger partial charge in [-0.05, 0) is 33.1 Å². The van der Waals surface area contributed by atoms with Crippen molar-refractivity contribution in [2.45, 2.75) is 34.1 Å². The summed E-state index contributed by atoms with van der Waals surface area (Å²) >= 11 is 0. The smallest absolute Gasteiger partial charge is 0.0200 e. The third-order valence-corrected chi connectivity index (χ3v) is 1.96. The van der Waals surface area contributed by atoms with Gasteiger partial charge in [-0.1, -0.05) is 30.7 Å². The maximum Gasteiger partial charge on any atom is -0.0200 e. The Kier molecular flexibility index (Phi) is 4.10. The first kappa shape index (κ1) is 9.48. The second-order valence-corrected chi connectivity index (χ2v) is 3.09. The summed E-state index contributed by atoms with van der Waals surface area (Å²) in [7, 11) is 0. The van der Waals surface area contributed by atoms with Crippen LogP contribution in [0.1, 0.15) is 34.1 Å². The highest BCUT2D eigenvalue weighted by atomic mass is 14.1. The molecule has 0 radical (unpaired) electrons. The van der Waals surface area contributed by atoms with Gasteiger partial charge in [-0.3, -0.25) is 0 Å². The van der Waals surface area contributed by atoms with Crippen LogP contribution in [0, 0.1) is 5.92 Å². The third-order valence-electron chi connectivity index (χ3n) is 1.96. The van der Waals surface area contributed by atoms with Crippen LogP contribution >= 0.6 is 0 Å². The Morgan fingerprint density at radius 2 is 2.00 bits per heavy atom. The summed E-state index contributed by atoms with van der Waals surface area (Å²) in [4.78, 5) is 0. The fourth-order valence-electron chi connectivity index (χ4n) is 0.775. The lowest BCUT2D eigenvalue weighted by Gasteiger charge is -2.10. The summed E-state index contributed by atoms with van der Waals surface area (Å²) in [6, 6.07) is 0. The van der Waals surface area contributed by atoms with E-state index in [9.17, 15) is 0 Å². The lowest BCUT2D eigenvalue weighted by molar-refractivity contribution is 0.674. The van der Waals surface area contributed by atoms with Crippen LogP contribution in [0.3, 0.4) is 0 Å². The molecule has 0 N–H and O–H groups in total. The molecule has 0 amide bonds. The monoisotopic (exact) mass is 138 g/mol. The maximum atomic E-state index is 3.92. The molecule has 0 saturated heterocycles. The minimum atomic E-state index is 0.635. The standard InChI is InChI=1S/C10H18/c1-6-9(4)7-10(5)8(2)3/h6,10H,2,7H2,1,3-5H3/b9-6+. The molecule has 0 aromatic carbocycles. The SMILES string of the molecule is C=C(C)C(C)C/C(C)=C/C. The summed E-state index contributed by atoms with van der Waals surface area (Å²) in [5, 5.41) is 0. The lowest BCUT2D eigenvalue weighted by atomic mass is 9.96. The molecule has 1 unspecified atom stereocenters. The Morgan fingerprint density at radius 3 is 2.30 bits per heavy atom. The molecular weight excluding hydrogens is 120 g/mol. The van der Waals surface area contributed by atoms with Crippen LogP contribution in [0.25, 0.3) is 0 Å². The molecule has 0 aliphatic carbocycles. The Hall–Kier alpha value is -0.520. The molecule has 0 nitrogen and oxygen atoms in total. The van der Waals surface area contributed by atoms with Crippen LogP contribution in [0.2, 0.25) is 0 Å². The Labute approximate surface area is 64.6 Å². The van der Waals surface area contributed by atoms with Crippen LogP contribution in [0.15, 0.2) is 23.8 Å². The predicted octanol–water partition coefficient (Wildman–Crippen LogP) is 3.55. The van der Waals surface area contributed by atoms with Crippen molar-refractivity contribution in [3.8, 4) is 0 Å². The van der Waals surface area contributed by atoms with Gasteiger partial charge in [0.1, 0.15) is 0 Å². The van der Waals surface area contributed by atoms with Gasteiger partial charge in [0.25, 0.3) is 0 Å². The molecule has 0 spiro atoms. The normalized spacial score (nSPS) is 15.0. The van der Waals surface area contributed by atoms with E-state index in [1.807, 2.05) is 0 Å². The summed E-state index contributed by atoms with van der Waals surface area (Å²) in [6.45, 7) is 12.5. The topological polar surface area (TPSA) is 0 Å². The molecule has 0 bridgehead atoms. The molecule has 0 aliphatic rings. The zero-order chi connectivity index (χ0) is 8.15. The molecule has 0 aromatic heterocycles. The zero-order valence-corrected chi connectivity index (χ0v) is 7.57. The van der Waals surface area contributed by atoms with E-state index in [2.05, 4.69) is 40.3 Å². The predicted molar refractivity (Wildman–Crippen MR) is 48.0 cm³/mol. The Morgan fingerprint density at radius 1 is 1.50 bits per heavy atom. The molecule has 0 aliphatic heterocycles. The van der Waals surface area contributed by atoms with E-state index in [0.29, 0.717) is 5.92 Å². The van der Waals surface area contributed by atoms with Crippen LogP contribution in [-0.4, -0.2) is 0 Å². The van der Waals surface area contributed by atoms with Gasteiger partial charge in [0.15, 0.2) is 0 Å². The highest BCUT2D eigenvalue weighted by Gasteiger charge is 2.01. The van der Waals surface area contributed by atoms with Crippen LogP contribution in [0.4, 0.5) is 0 Å². The summed E-state index contributed by atoms with van der Waals surface area (Å²) in [5.74, 6) is 0.635. The first-order chi connectivity index (χ1) is 4.57. The van der Waals surface area contributed by atoms with Gasteiger partial charge in [0, 0.05) is 0 Å². The Bertz CT molecular complexity index is 140. The van der Waals surface area contributed by atoms with E-state index in [4.69, 9.17) is 0 Å². The summed E-state index contributed by atoms with van der Waals surface area (Å²) < 4.78 is 0. The van der Waals surface area contributed by atoms with Crippen molar-refractivity contribution in [3.05, 3.63) is 23.8 Å². The average molecular weight is 138 g/mol. The molecule has 0 aromatic rings. The highest BCUT2D eigenvalue weighted by molar-refractivity contribution is 5.04. The maximum absolute atomic E-state index is 3.92. The van der Waals surface area contributed by atoms with Crippen LogP contribution in [0.5, 0.6) is 0 Å². The minimum absolute atomic E-state index is 0.635. The van der Waals surface area contributed by atoms with Crippen LogP contribution in [-0.2, 0) is 0 Å². The van der Waals surface area contributed by atoms with Gasteiger partial charge in [-0.2, -0.15) is 0 Å². The van der Waals surface area contributed by atoms with Gasteiger partial charge in [0.2, 0.25) is 0 Å². The molecule has 58 valence electrons. The minimum Gasteiger partial charge on any atom is -0.0999 e. The summed E-state index contributed by atoms with van der Waals surface area (Å²) in [6.07, 6.45) is 3.32. The third kappa shape index (κ3) is 3.49. The fourth-order valence-corrected chi connectivity index (χ4v) is 0.775. The van der Waals surface area contributed by atoms with E-state index in [1.54, 1.807) is 0 Å². The van der Waals surface area contributed by atoms with Crippen molar-refractivity contribution in [2.24, 2.45) is 5.92 Å². The number of hydrogen-bond acceptors (Lipinski definition) is 0. The van der Waals surface area contributed by atoms with Gasteiger partial charge < -0.3 is 0 Å². The molecular formula is C10H18. The van der Waals surface area contributed by atoms with E-state index in [0.717, 1.165) is 6.42 Å². The molecule has 0 heteroatoms. The molecule has 10 heavy (non-hydrogen) atoms. The Balaban J connectivity index is 3.80. The highest BCUT2D eigenvalue weighted by Crippen LogP contribution is 2.16. The van der Waals surface area contributed by atoms with Gasteiger partial charge >= 0.3 is 0 Å². The van der Waals surface area contributed by atoms with E-state index in [-0.39, 0.29) is 0 Å². The number of allylic oxidation sites excluding steroid dienone is 3. The van der Waals surface area contributed by atoms with Crippen LogP contribution < -0.4 is 0 Å². The van der Waals surface area contributed by atoms with Gasteiger partial charge in [-0.15, -0.1) is 0 Å². The molecule has 0 heterocycles. The van der Waals surface area contributed by atoms with Gasteiger partial charge in [-0.25, -0.2) is 0 Å². The molecule has 1 atom stereocenters. The van der Waals surface area contributed by atoms with E-state index in [1.165, 1.54) is 11.1 Å². The first-order valence-electron chi connectivity index (χ1n) is 3.85. The largest absolute Gasteiger partial charge is 0.0999 e. The lowest BCUT2D eigenvalue weighted by Crippen LogP contribution is -1.95. The van der Waals surface area contributed by atoms with E-state index < -0.39 is 0 Å².